The summed E-state index contributed by atoms with van der Waals surface area (Å²) in [5, 5.41) is 3.18. The highest BCUT2D eigenvalue weighted by atomic mass is 16.5. The lowest BCUT2D eigenvalue weighted by atomic mass is 9.93. The van der Waals surface area contributed by atoms with Gasteiger partial charge in [0.1, 0.15) is 5.75 Å². The van der Waals surface area contributed by atoms with Gasteiger partial charge >= 0.3 is 0 Å². The molecule has 0 heterocycles. The Kier molecular flexibility index (Phi) is 5.45. The van der Waals surface area contributed by atoms with Crippen molar-refractivity contribution in [2.45, 2.75) is 57.4 Å². The van der Waals surface area contributed by atoms with E-state index in [1.165, 1.54) is 19.3 Å². The number of carbonyl (C=O) groups excluding carboxylic acids is 1. The SMILES string of the molecule is COc1ccccc1C(C)CC(=O)NC1CCCCC1. The lowest BCUT2D eigenvalue weighted by Crippen LogP contribution is -2.36. The summed E-state index contributed by atoms with van der Waals surface area (Å²) in [6, 6.07) is 8.33. The highest BCUT2D eigenvalue weighted by molar-refractivity contribution is 5.77. The van der Waals surface area contributed by atoms with Gasteiger partial charge < -0.3 is 10.1 Å². The maximum Gasteiger partial charge on any atom is 0.220 e. The Morgan fingerprint density at radius 2 is 2.00 bits per heavy atom. The van der Waals surface area contributed by atoms with Gasteiger partial charge in [-0.2, -0.15) is 0 Å². The number of rotatable bonds is 5. The summed E-state index contributed by atoms with van der Waals surface area (Å²) in [5.41, 5.74) is 1.11. The number of hydrogen-bond donors (Lipinski definition) is 1. The molecule has 1 amide bonds. The highest BCUT2D eigenvalue weighted by Crippen LogP contribution is 2.28. The number of para-hydroxylation sites is 1. The Hall–Kier alpha value is -1.51. The monoisotopic (exact) mass is 275 g/mol. The number of nitrogens with one attached hydrogen (secondary N) is 1. The summed E-state index contributed by atoms with van der Waals surface area (Å²) in [5.74, 6) is 1.20. The molecule has 1 atom stereocenters. The summed E-state index contributed by atoms with van der Waals surface area (Å²) in [6.07, 6.45) is 6.59. The van der Waals surface area contributed by atoms with Crippen molar-refractivity contribution in [3.05, 3.63) is 29.8 Å². The van der Waals surface area contributed by atoms with Crippen molar-refractivity contribution < 1.29 is 9.53 Å². The Labute approximate surface area is 121 Å². The molecule has 1 fully saturated rings. The van der Waals surface area contributed by atoms with E-state index in [4.69, 9.17) is 4.74 Å². The van der Waals surface area contributed by atoms with Crippen LogP contribution in [0, 0.1) is 0 Å². The van der Waals surface area contributed by atoms with Gasteiger partial charge in [0.25, 0.3) is 0 Å². The Morgan fingerprint density at radius 1 is 1.30 bits per heavy atom. The standard InChI is InChI=1S/C17H25NO2/c1-13(15-10-6-7-11-16(15)20-2)12-17(19)18-14-8-4-3-5-9-14/h6-7,10-11,13-14H,3-5,8-9,12H2,1-2H3,(H,18,19). The van der Waals surface area contributed by atoms with Gasteiger partial charge in [-0.1, -0.05) is 44.4 Å². The van der Waals surface area contributed by atoms with Gasteiger partial charge in [0.15, 0.2) is 0 Å². The zero-order valence-electron chi connectivity index (χ0n) is 12.5. The minimum atomic E-state index is 0.162. The molecule has 1 saturated carbocycles. The molecule has 0 aliphatic heterocycles. The van der Waals surface area contributed by atoms with Gasteiger partial charge in [0.05, 0.1) is 7.11 Å². The van der Waals surface area contributed by atoms with Gasteiger partial charge in [0.2, 0.25) is 5.91 Å². The molecule has 20 heavy (non-hydrogen) atoms. The highest BCUT2D eigenvalue weighted by Gasteiger charge is 2.19. The Balaban J connectivity index is 1.89. The number of benzene rings is 1. The molecule has 3 nitrogen and oxygen atoms in total. The van der Waals surface area contributed by atoms with E-state index in [2.05, 4.69) is 12.2 Å². The molecule has 1 N–H and O–H groups in total. The number of hydrogen-bond acceptors (Lipinski definition) is 2. The molecule has 110 valence electrons. The molecule has 1 aromatic carbocycles. The molecule has 1 aromatic rings. The van der Waals surface area contributed by atoms with Crippen LogP contribution < -0.4 is 10.1 Å². The van der Waals surface area contributed by atoms with E-state index in [0.29, 0.717) is 12.5 Å². The second kappa shape index (κ2) is 7.32. The molecular weight excluding hydrogens is 250 g/mol. The largest absolute Gasteiger partial charge is 0.496 e. The number of ether oxygens (including phenoxy) is 1. The van der Waals surface area contributed by atoms with Crippen molar-refractivity contribution in [1.29, 1.82) is 0 Å². The zero-order chi connectivity index (χ0) is 14.4. The van der Waals surface area contributed by atoms with Crippen LogP contribution in [0.25, 0.3) is 0 Å². The predicted molar refractivity (Wildman–Crippen MR) is 81.0 cm³/mol. The van der Waals surface area contributed by atoms with E-state index < -0.39 is 0 Å². The molecule has 1 unspecified atom stereocenters. The Bertz CT molecular complexity index is 438. The van der Waals surface area contributed by atoms with Crippen LogP contribution in [0.15, 0.2) is 24.3 Å². The third-order valence-corrected chi connectivity index (χ3v) is 4.13. The molecular formula is C17H25NO2. The molecule has 1 aliphatic carbocycles. The lowest BCUT2D eigenvalue weighted by Gasteiger charge is -2.23. The second-order valence-corrected chi connectivity index (χ2v) is 5.75. The maximum absolute atomic E-state index is 12.1. The molecule has 0 saturated heterocycles. The van der Waals surface area contributed by atoms with Crippen molar-refractivity contribution in [3.8, 4) is 5.75 Å². The van der Waals surface area contributed by atoms with Crippen LogP contribution in [0.5, 0.6) is 5.75 Å². The number of methoxy groups -OCH3 is 1. The average molecular weight is 275 g/mol. The topological polar surface area (TPSA) is 38.3 Å². The molecule has 1 aliphatic rings. The van der Waals surface area contributed by atoms with E-state index in [0.717, 1.165) is 24.2 Å². The van der Waals surface area contributed by atoms with Crippen molar-refractivity contribution in [2.24, 2.45) is 0 Å². The smallest absolute Gasteiger partial charge is 0.220 e. The first-order chi connectivity index (χ1) is 9.70. The van der Waals surface area contributed by atoms with Gasteiger partial charge in [0, 0.05) is 12.5 Å². The molecule has 3 heteroatoms. The van der Waals surface area contributed by atoms with Crippen LogP contribution in [0.3, 0.4) is 0 Å². The van der Waals surface area contributed by atoms with E-state index in [9.17, 15) is 4.79 Å². The fourth-order valence-electron chi connectivity index (χ4n) is 3.00. The lowest BCUT2D eigenvalue weighted by molar-refractivity contribution is -0.122. The third kappa shape index (κ3) is 3.99. The minimum Gasteiger partial charge on any atom is -0.496 e. The molecule has 0 spiro atoms. The van der Waals surface area contributed by atoms with Gasteiger partial charge in [-0.05, 0) is 30.4 Å². The zero-order valence-corrected chi connectivity index (χ0v) is 12.5. The fourth-order valence-corrected chi connectivity index (χ4v) is 3.00. The second-order valence-electron chi connectivity index (χ2n) is 5.75. The fraction of sp³-hybridized carbons (Fsp3) is 0.588. The van der Waals surface area contributed by atoms with Crippen molar-refractivity contribution in [1.82, 2.24) is 5.32 Å². The van der Waals surface area contributed by atoms with Crippen molar-refractivity contribution >= 4 is 5.91 Å². The summed E-state index contributed by atoms with van der Waals surface area (Å²) < 4.78 is 5.37. The van der Waals surface area contributed by atoms with E-state index >= 15 is 0 Å². The van der Waals surface area contributed by atoms with Crippen molar-refractivity contribution in [3.63, 3.8) is 0 Å². The first kappa shape index (κ1) is 14.9. The summed E-state index contributed by atoms with van der Waals surface area (Å²) in [4.78, 5) is 12.1. The van der Waals surface area contributed by atoms with Crippen LogP contribution in [0.2, 0.25) is 0 Å². The summed E-state index contributed by atoms with van der Waals surface area (Å²) >= 11 is 0. The maximum atomic E-state index is 12.1. The minimum absolute atomic E-state index is 0.162. The van der Waals surface area contributed by atoms with E-state index in [1.54, 1.807) is 7.11 Å². The summed E-state index contributed by atoms with van der Waals surface area (Å²) in [7, 11) is 1.67. The quantitative estimate of drug-likeness (QED) is 0.891. The number of amides is 1. The first-order valence-corrected chi connectivity index (χ1v) is 7.63. The molecule has 0 bridgehead atoms. The third-order valence-electron chi connectivity index (χ3n) is 4.13. The molecule has 0 radical (unpaired) electrons. The average Bonchev–Trinajstić information content (AvgIpc) is 2.48. The Morgan fingerprint density at radius 3 is 2.70 bits per heavy atom. The van der Waals surface area contributed by atoms with Gasteiger partial charge in [-0.15, -0.1) is 0 Å². The van der Waals surface area contributed by atoms with Crippen LogP contribution in [0.4, 0.5) is 0 Å². The van der Waals surface area contributed by atoms with E-state index in [-0.39, 0.29) is 11.8 Å². The normalized spacial score (nSPS) is 17.5. The first-order valence-electron chi connectivity index (χ1n) is 7.63. The van der Waals surface area contributed by atoms with Crippen LogP contribution >= 0.6 is 0 Å². The van der Waals surface area contributed by atoms with Crippen molar-refractivity contribution in [2.75, 3.05) is 7.11 Å². The van der Waals surface area contributed by atoms with Crippen LogP contribution in [0.1, 0.15) is 56.9 Å². The number of carbonyl (C=O) groups is 1. The molecule has 2 rings (SSSR count). The predicted octanol–water partition coefficient (Wildman–Crippen LogP) is 3.64. The van der Waals surface area contributed by atoms with Gasteiger partial charge in [-0.25, -0.2) is 0 Å². The van der Waals surface area contributed by atoms with E-state index in [1.807, 2.05) is 24.3 Å². The van der Waals surface area contributed by atoms with Crippen LogP contribution in [-0.2, 0) is 4.79 Å². The molecule has 0 aromatic heterocycles. The summed E-state index contributed by atoms with van der Waals surface area (Å²) in [6.45, 7) is 2.08. The van der Waals surface area contributed by atoms with Gasteiger partial charge in [-0.3, -0.25) is 4.79 Å². The van der Waals surface area contributed by atoms with Crippen LogP contribution in [-0.4, -0.2) is 19.1 Å².